The monoisotopic (exact) mass is 374 g/mol. The van der Waals surface area contributed by atoms with E-state index in [4.69, 9.17) is 10.1 Å². The number of aryl methyl sites for hydroxylation is 2. The van der Waals surface area contributed by atoms with E-state index in [9.17, 15) is 0 Å². The smallest absolute Gasteiger partial charge is 0.156 e. The molecule has 4 bridgehead atoms. The Morgan fingerprint density at radius 2 is 1.86 bits per heavy atom. The van der Waals surface area contributed by atoms with Gasteiger partial charge in [0.25, 0.3) is 0 Å². The van der Waals surface area contributed by atoms with Crippen molar-refractivity contribution in [2.75, 3.05) is 0 Å². The normalized spacial score (nSPS) is 33.4. The highest BCUT2D eigenvalue weighted by atomic mass is 15.4. The van der Waals surface area contributed by atoms with E-state index < -0.39 is 0 Å². The Labute approximate surface area is 164 Å². The van der Waals surface area contributed by atoms with Crippen molar-refractivity contribution in [3.63, 3.8) is 0 Å². The highest BCUT2D eigenvalue weighted by molar-refractivity contribution is 5.22. The van der Waals surface area contributed by atoms with Crippen LogP contribution in [-0.4, -0.2) is 29.9 Å². The number of hydrogen-bond acceptors (Lipinski definition) is 4. The average molecular weight is 374 g/mol. The maximum Gasteiger partial charge on any atom is 0.156 e. The van der Waals surface area contributed by atoms with Crippen LogP contribution in [0.4, 0.5) is 0 Å². The summed E-state index contributed by atoms with van der Waals surface area (Å²) in [6.45, 7) is 0. The number of hydrogen-bond donors (Lipinski definition) is 1. The van der Waals surface area contributed by atoms with Crippen molar-refractivity contribution >= 4 is 0 Å². The summed E-state index contributed by atoms with van der Waals surface area (Å²) in [7, 11) is 0. The van der Waals surface area contributed by atoms with Crippen LogP contribution in [0.2, 0.25) is 0 Å². The number of H-pyrrole nitrogens is 1. The van der Waals surface area contributed by atoms with Gasteiger partial charge in [-0.15, -0.1) is 0 Å². The molecule has 144 valence electrons. The highest BCUT2D eigenvalue weighted by Gasteiger charge is 2.60. The molecule has 4 atom stereocenters. The highest BCUT2D eigenvalue weighted by Crippen LogP contribution is 2.64. The zero-order valence-corrected chi connectivity index (χ0v) is 16.1. The molecule has 2 heterocycles. The molecule has 4 aliphatic carbocycles. The van der Waals surface area contributed by atoms with Gasteiger partial charge in [-0.25, -0.2) is 14.6 Å². The van der Waals surface area contributed by atoms with Crippen molar-refractivity contribution in [1.29, 1.82) is 0 Å². The molecule has 7 rings (SSSR count). The molecule has 1 N–H and O–H groups in total. The van der Waals surface area contributed by atoms with Gasteiger partial charge in [-0.3, -0.25) is 5.10 Å². The second kappa shape index (κ2) is 6.00. The second-order valence-electron chi connectivity index (χ2n) is 9.40. The van der Waals surface area contributed by atoms with Crippen molar-refractivity contribution in [3.05, 3.63) is 60.2 Å². The Balaban J connectivity index is 1.28. The molecule has 0 radical (unpaired) electrons. The Morgan fingerprint density at radius 3 is 2.61 bits per heavy atom. The first-order chi connectivity index (χ1) is 13.7. The molecule has 2 unspecified atom stereocenters. The van der Waals surface area contributed by atoms with Crippen LogP contribution >= 0.6 is 0 Å². The maximum absolute atomic E-state index is 5.02. The minimum atomic E-state index is 0.109. The number of benzene rings is 1. The third kappa shape index (κ3) is 2.54. The summed E-state index contributed by atoms with van der Waals surface area (Å²) in [5, 5.41) is 12.6. The largest absolute Gasteiger partial charge is 0.263 e. The Kier molecular flexibility index (Phi) is 3.52. The summed E-state index contributed by atoms with van der Waals surface area (Å²) < 4.78 is 2.15. The predicted molar refractivity (Wildman–Crippen MR) is 105 cm³/mol. The number of aromatic nitrogens is 6. The van der Waals surface area contributed by atoms with Crippen LogP contribution < -0.4 is 0 Å². The van der Waals surface area contributed by atoms with Crippen LogP contribution in [0.1, 0.15) is 55.7 Å². The van der Waals surface area contributed by atoms with E-state index in [0.717, 1.165) is 42.7 Å². The van der Waals surface area contributed by atoms with Crippen LogP contribution in [0.5, 0.6) is 0 Å². The van der Waals surface area contributed by atoms with Crippen molar-refractivity contribution in [1.82, 2.24) is 29.9 Å². The minimum absolute atomic E-state index is 0.109. The lowest BCUT2D eigenvalue weighted by molar-refractivity contribution is -0.0715. The van der Waals surface area contributed by atoms with Crippen molar-refractivity contribution in [2.24, 2.45) is 11.8 Å². The van der Waals surface area contributed by atoms with Crippen LogP contribution in [0.15, 0.2) is 43.0 Å². The molecular weight excluding hydrogens is 348 g/mol. The van der Waals surface area contributed by atoms with Gasteiger partial charge in [-0.2, -0.15) is 10.2 Å². The zero-order valence-electron chi connectivity index (χ0n) is 16.1. The van der Waals surface area contributed by atoms with Crippen LogP contribution in [-0.2, 0) is 23.8 Å². The van der Waals surface area contributed by atoms with Crippen molar-refractivity contribution in [3.8, 4) is 0 Å². The standard InChI is InChI=1S/C22H26N6/c1-2-4-16(5-3-1)6-7-19-25-20(27-26-19)21-9-17-8-18(10-21)12-22(11-17,13-21)28-15-23-14-24-28/h1-5,14-15,17-18H,6-13H2,(H,25,26,27)/t17-,18+,21?,22?. The summed E-state index contributed by atoms with van der Waals surface area (Å²) in [5.41, 5.74) is 1.57. The van der Waals surface area contributed by atoms with Gasteiger partial charge in [0.1, 0.15) is 18.5 Å². The topological polar surface area (TPSA) is 72.3 Å². The molecule has 4 fully saturated rings. The molecule has 28 heavy (non-hydrogen) atoms. The number of rotatable bonds is 5. The van der Waals surface area contributed by atoms with Gasteiger partial charge in [-0.05, 0) is 62.3 Å². The third-order valence-electron chi connectivity index (χ3n) is 7.43. The quantitative estimate of drug-likeness (QED) is 0.743. The molecule has 6 heteroatoms. The van der Waals surface area contributed by atoms with Crippen LogP contribution in [0.3, 0.4) is 0 Å². The van der Waals surface area contributed by atoms with E-state index in [0.29, 0.717) is 0 Å². The van der Waals surface area contributed by atoms with Gasteiger partial charge in [0.15, 0.2) is 5.82 Å². The number of nitrogens with zero attached hydrogens (tertiary/aromatic N) is 5. The van der Waals surface area contributed by atoms with E-state index in [1.807, 2.05) is 6.33 Å². The molecule has 3 aromatic rings. The van der Waals surface area contributed by atoms with Crippen LogP contribution in [0, 0.1) is 11.8 Å². The molecule has 4 aliphatic rings. The van der Waals surface area contributed by atoms with E-state index in [2.05, 4.69) is 50.2 Å². The lowest BCUT2D eigenvalue weighted by atomic mass is 9.46. The number of aromatic amines is 1. The molecule has 4 saturated carbocycles. The Hall–Kier alpha value is -2.50. The summed E-state index contributed by atoms with van der Waals surface area (Å²) in [6.07, 6.45) is 12.9. The van der Waals surface area contributed by atoms with Crippen molar-refractivity contribution < 1.29 is 0 Å². The molecule has 0 spiro atoms. The Morgan fingerprint density at radius 1 is 1.04 bits per heavy atom. The van der Waals surface area contributed by atoms with Gasteiger partial charge in [0.2, 0.25) is 0 Å². The first-order valence-corrected chi connectivity index (χ1v) is 10.5. The van der Waals surface area contributed by atoms with E-state index in [1.54, 1.807) is 6.33 Å². The fourth-order valence-corrected chi connectivity index (χ4v) is 6.75. The molecule has 0 amide bonds. The summed E-state index contributed by atoms with van der Waals surface area (Å²) in [6, 6.07) is 10.6. The predicted octanol–water partition coefficient (Wildman–Crippen LogP) is 3.43. The third-order valence-corrected chi connectivity index (χ3v) is 7.43. The molecule has 0 aliphatic heterocycles. The second-order valence-corrected chi connectivity index (χ2v) is 9.40. The van der Waals surface area contributed by atoms with Gasteiger partial charge >= 0.3 is 0 Å². The first kappa shape index (κ1) is 16.5. The van der Waals surface area contributed by atoms with E-state index >= 15 is 0 Å². The zero-order chi connectivity index (χ0) is 18.6. The first-order valence-electron chi connectivity index (χ1n) is 10.5. The SMILES string of the molecule is c1ccc(CCc2nc(C34C[C@H]5C[C@@H](C3)CC(n3cncn3)(C5)C4)n[nH]2)cc1. The van der Waals surface area contributed by atoms with Gasteiger partial charge in [-0.1, -0.05) is 30.3 Å². The Bertz CT molecular complexity index is 946. The number of nitrogens with one attached hydrogen (secondary N) is 1. The molecule has 2 aromatic heterocycles. The molecule has 1 aromatic carbocycles. The maximum atomic E-state index is 5.02. The fourth-order valence-electron chi connectivity index (χ4n) is 6.75. The minimum Gasteiger partial charge on any atom is -0.263 e. The molecular formula is C22H26N6. The van der Waals surface area contributed by atoms with Gasteiger partial charge in [0.05, 0.1) is 5.54 Å². The van der Waals surface area contributed by atoms with E-state index in [-0.39, 0.29) is 11.0 Å². The van der Waals surface area contributed by atoms with Gasteiger partial charge < -0.3 is 0 Å². The van der Waals surface area contributed by atoms with Gasteiger partial charge in [0, 0.05) is 11.8 Å². The summed E-state index contributed by atoms with van der Waals surface area (Å²) in [4.78, 5) is 9.26. The lowest BCUT2D eigenvalue weighted by Gasteiger charge is -2.60. The fraction of sp³-hybridized carbons (Fsp3) is 0.545. The summed E-state index contributed by atoms with van der Waals surface area (Å²) in [5.74, 6) is 3.59. The van der Waals surface area contributed by atoms with Crippen molar-refractivity contribution in [2.45, 2.75) is 62.3 Å². The summed E-state index contributed by atoms with van der Waals surface area (Å²) >= 11 is 0. The molecule has 0 saturated heterocycles. The molecule has 6 nitrogen and oxygen atoms in total. The lowest BCUT2D eigenvalue weighted by Crippen LogP contribution is -2.58. The average Bonchev–Trinajstić information content (AvgIpc) is 3.39. The van der Waals surface area contributed by atoms with E-state index in [1.165, 1.54) is 37.7 Å². The van der Waals surface area contributed by atoms with Crippen LogP contribution in [0.25, 0.3) is 0 Å².